The van der Waals surface area contributed by atoms with Gasteiger partial charge < -0.3 is 19.7 Å². The SMILES string of the molecule is CC(=O)N[C@@H](C)COC1CCC(Oc2ncc3nc(N4CCC4)sc3c2F)CC1. The van der Waals surface area contributed by atoms with Gasteiger partial charge in [0.15, 0.2) is 5.13 Å². The molecule has 1 saturated carbocycles. The molecule has 7 nitrogen and oxygen atoms in total. The van der Waals surface area contributed by atoms with E-state index in [0.717, 1.165) is 50.3 Å². The number of carbonyl (C=O) groups is 1. The number of thiazole rings is 1. The van der Waals surface area contributed by atoms with Crippen LogP contribution in [0.1, 0.15) is 46.0 Å². The molecule has 4 rings (SSSR count). The van der Waals surface area contributed by atoms with Crippen molar-refractivity contribution in [1.29, 1.82) is 0 Å². The predicted octanol–water partition coefficient (Wildman–Crippen LogP) is 3.27. The molecule has 0 unspecified atom stereocenters. The molecular formula is C20H27FN4O3S. The van der Waals surface area contributed by atoms with Gasteiger partial charge in [-0.15, -0.1) is 0 Å². The first-order valence-corrected chi connectivity index (χ1v) is 11.1. The van der Waals surface area contributed by atoms with Gasteiger partial charge in [0.2, 0.25) is 11.7 Å². The molecule has 1 N–H and O–H groups in total. The zero-order chi connectivity index (χ0) is 20.4. The summed E-state index contributed by atoms with van der Waals surface area (Å²) < 4.78 is 27.2. The van der Waals surface area contributed by atoms with Crippen LogP contribution in [0, 0.1) is 5.82 Å². The molecular weight excluding hydrogens is 395 g/mol. The van der Waals surface area contributed by atoms with Crippen molar-refractivity contribution in [3.63, 3.8) is 0 Å². The van der Waals surface area contributed by atoms with Crippen LogP contribution >= 0.6 is 11.3 Å². The van der Waals surface area contributed by atoms with Crippen LogP contribution in [0.25, 0.3) is 10.2 Å². The lowest BCUT2D eigenvalue weighted by molar-refractivity contribution is -0.120. The molecule has 3 heterocycles. The lowest BCUT2D eigenvalue weighted by Gasteiger charge is -2.30. The molecule has 0 bridgehead atoms. The van der Waals surface area contributed by atoms with Crippen LogP contribution in [0.15, 0.2) is 6.20 Å². The summed E-state index contributed by atoms with van der Waals surface area (Å²) in [7, 11) is 0. The number of amides is 1. The molecule has 2 fully saturated rings. The molecule has 1 atom stereocenters. The standard InChI is InChI=1S/C20H27FN4O3S/c1-12(23-13(2)26)11-27-14-4-6-15(7-5-14)28-19-17(21)18-16(10-22-19)24-20(29-18)25-8-3-9-25/h10,12,14-15H,3-9,11H2,1-2H3,(H,23,26)/t12-,14?,15?/m0/s1. The van der Waals surface area contributed by atoms with Crippen LogP contribution in [-0.4, -0.2) is 53.8 Å². The van der Waals surface area contributed by atoms with Crippen LogP contribution in [0.5, 0.6) is 5.88 Å². The highest BCUT2D eigenvalue weighted by atomic mass is 32.1. The van der Waals surface area contributed by atoms with Gasteiger partial charge in [-0.05, 0) is 39.0 Å². The minimum Gasteiger partial charge on any atom is -0.472 e. The lowest BCUT2D eigenvalue weighted by Crippen LogP contribution is -2.37. The van der Waals surface area contributed by atoms with E-state index in [9.17, 15) is 9.18 Å². The highest BCUT2D eigenvalue weighted by molar-refractivity contribution is 7.22. The van der Waals surface area contributed by atoms with Crippen LogP contribution in [0.4, 0.5) is 9.52 Å². The van der Waals surface area contributed by atoms with Crippen molar-refractivity contribution < 1.29 is 18.7 Å². The smallest absolute Gasteiger partial charge is 0.252 e. The minimum atomic E-state index is -0.408. The van der Waals surface area contributed by atoms with Gasteiger partial charge in [-0.2, -0.15) is 4.39 Å². The van der Waals surface area contributed by atoms with Gasteiger partial charge in [-0.3, -0.25) is 4.79 Å². The Morgan fingerprint density at radius 2 is 2.07 bits per heavy atom. The largest absolute Gasteiger partial charge is 0.472 e. The number of carbonyl (C=O) groups excluding carboxylic acids is 1. The first kappa shape index (κ1) is 20.3. The zero-order valence-electron chi connectivity index (χ0n) is 16.8. The second kappa shape index (κ2) is 8.79. The fourth-order valence-corrected chi connectivity index (χ4v) is 4.73. The number of aromatic nitrogens is 2. The van der Waals surface area contributed by atoms with Crippen LogP contribution in [0.2, 0.25) is 0 Å². The van der Waals surface area contributed by atoms with Crippen molar-refractivity contribution in [2.75, 3.05) is 24.6 Å². The number of anilines is 1. The van der Waals surface area contributed by atoms with Crippen molar-refractivity contribution in [3.05, 3.63) is 12.0 Å². The number of ether oxygens (including phenoxy) is 2. The summed E-state index contributed by atoms with van der Waals surface area (Å²) in [6.07, 6.45) is 6.12. The van der Waals surface area contributed by atoms with E-state index >= 15 is 0 Å². The Hall–Kier alpha value is -2.00. The predicted molar refractivity (Wildman–Crippen MR) is 110 cm³/mol. The minimum absolute atomic E-state index is 0.00736. The van der Waals surface area contributed by atoms with E-state index in [1.54, 1.807) is 6.20 Å². The van der Waals surface area contributed by atoms with Gasteiger partial charge in [0.25, 0.3) is 5.88 Å². The fraction of sp³-hybridized carbons (Fsp3) is 0.650. The zero-order valence-corrected chi connectivity index (χ0v) is 17.6. The maximum absolute atomic E-state index is 14.9. The monoisotopic (exact) mass is 422 g/mol. The van der Waals surface area contributed by atoms with Crippen LogP contribution < -0.4 is 15.0 Å². The summed E-state index contributed by atoms with van der Waals surface area (Å²) in [6.45, 7) is 5.88. The maximum atomic E-state index is 14.9. The third-order valence-electron chi connectivity index (χ3n) is 5.39. The number of halogens is 1. The molecule has 0 aromatic carbocycles. The van der Waals surface area contributed by atoms with E-state index in [4.69, 9.17) is 9.47 Å². The van der Waals surface area contributed by atoms with Gasteiger partial charge in [-0.25, -0.2) is 9.97 Å². The number of rotatable bonds is 7. The number of hydrogen-bond acceptors (Lipinski definition) is 7. The first-order valence-electron chi connectivity index (χ1n) is 10.2. The van der Waals surface area contributed by atoms with Crippen LogP contribution in [0.3, 0.4) is 0 Å². The van der Waals surface area contributed by atoms with Crippen molar-refractivity contribution >= 4 is 32.6 Å². The van der Waals surface area contributed by atoms with Crippen LogP contribution in [-0.2, 0) is 9.53 Å². The first-order chi connectivity index (χ1) is 14.0. The van der Waals surface area contributed by atoms with Gasteiger partial charge in [0.05, 0.1) is 23.6 Å². The number of pyridine rings is 1. The summed E-state index contributed by atoms with van der Waals surface area (Å²) in [5.74, 6) is -0.392. The molecule has 29 heavy (non-hydrogen) atoms. The fourth-order valence-electron chi connectivity index (χ4n) is 3.71. The van der Waals surface area contributed by atoms with Gasteiger partial charge in [0, 0.05) is 26.1 Å². The van der Waals surface area contributed by atoms with Gasteiger partial charge >= 0.3 is 0 Å². The van der Waals surface area contributed by atoms with Crippen molar-refractivity contribution in [3.8, 4) is 5.88 Å². The second-order valence-corrected chi connectivity index (χ2v) is 8.86. The Balaban J connectivity index is 1.30. The third-order valence-corrected chi connectivity index (χ3v) is 6.52. The van der Waals surface area contributed by atoms with E-state index in [1.807, 2.05) is 6.92 Å². The molecule has 158 valence electrons. The Labute approximate surface area is 173 Å². The van der Waals surface area contributed by atoms with Gasteiger partial charge in [0.1, 0.15) is 11.6 Å². The Bertz CT molecular complexity index is 865. The summed E-state index contributed by atoms with van der Waals surface area (Å²) in [5.41, 5.74) is 0.590. The van der Waals surface area contributed by atoms with E-state index < -0.39 is 5.82 Å². The Morgan fingerprint density at radius 3 is 2.72 bits per heavy atom. The van der Waals surface area contributed by atoms with Crippen molar-refractivity contribution in [2.45, 2.75) is 64.2 Å². The molecule has 1 aliphatic heterocycles. The normalized spacial score (nSPS) is 22.9. The number of fused-ring (bicyclic) bond motifs is 1. The summed E-state index contributed by atoms with van der Waals surface area (Å²) >= 11 is 1.37. The topological polar surface area (TPSA) is 76.6 Å². The molecule has 1 saturated heterocycles. The lowest BCUT2D eigenvalue weighted by atomic mass is 9.95. The average molecular weight is 423 g/mol. The molecule has 2 aromatic heterocycles. The highest BCUT2D eigenvalue weighted by Crippen LogP contribution is 2.36. The molecule has 2 aromatic rings. The summed E-state index contributed by atoms with van der Waals surface area (Å²) in [4.78, 5) is 21.9. The number of nitrogens with zero attached hydrogens (tertiary/aromatic N) is 3. The van der Waals surface area contributed by atoms with Gasteiger partial charge in [-0.1, -0.05) is 11.3 Å². The van der Waals surface area contributed by atoms with E-state index in [0.29, 0.717) is 16.8 Å². The summed E-state index contributed by atoms with van der Waals surface area (Å²) in [6, 6.07) is -0.00736. The summed E-state index contributed by atoms with van der Waals surface area (Å²) in [5, 5.41) is 3.67. The van der Waals surface area contributed by atoms with E-state index in [-0.39, 0.29) is 30.0 Å². The average Bonchev–Trinajstić information content (AvgIpc) is 3.06. The van der Waals surface area contributed by atoms with E-state index in [2.05, 4.69) is 20.2 Å². The third kappa shape index (κ3) is 4.78. The second-order valence-electron chi connectivity index (χ2n) is 7.88. The molecule has 9 heteroatoms. The maximum Gasteiger partial charge on any atom is 0.252 e. The Kier molecular flexibility index (Phi) is 6.15. The molecule has 0 spiro atoms. The van der Waals surface area contributed by atoms with Crippen molar-refractivity contribution in [2.24, 2.45) is 0 Å². The quantitative estimate of drug-likeness (QED) is 0.738. The van der Waals surface area contributed by atoms with Crippen molar-refractivity contribution in [1.82, 2.24) is 15.3 Å². The molecule has 1 amide bonds. The molecule has 0 radical (unpaired) electrons. The molecule has 2 aliphatic rings. The molecule has 1 aliphatic carbocycles. The Morgan fingerprint density at radius 1 is 1.34 bits per heavy atom. The number of hydrogen-bond donors (Lipinski definition) is 1. The van der Waals surface area contributed by atoms with E-state index in [1.165, 1.54) is 18.3 Å². The number of nitrogens with one attached hydrogen (secondary N) is 1. The highest BCUT2D eigenvalue weighted by Gasteiger charge is 2.26.